The molecule has 0 aromatic heterocycles. The summed E-state index contributed by atoms with van der Waals surface area (Å²) in [5.74, 6) is -1.58. The van der Waals surface area contributed by atoms with Gasteiger partial charge in [0.05, 0.1) is 6.42 Å². The van der Waals surface area contributed by atoms with Crippen molar-refractivity contribution in [3.05, 3.63) is 64.7 Å². The average Bonchev–Trinajstić information content (AvgIpc) is 2.71. The van der Waals surface area contributed by atoms with E-state index in [1.807, 2.05) is 26.0 Å². The molecule has 0 saturated carbocycles. The topological polar surface area (TPSA) is 102 Å². The van der Waals surface area contributed by atoms with Crippen molar-refractivity contribution < 1.29 is 23.9 Å². The van der Waals surface area contributed by atoms with E-state index in [2.05, 4.69) is 10.6 Å². The van der Waals surface area contributed by atoms with Gasteiger partial charge in [-0.3, -0.25) is 19.2 Å². The lowest BCUT2D eigenvalue weighted by atomic mass is 9.99. The third kappa shape index (κ3) is 6.57. The van der Waals surface area contributed by atoms with Crippen LogP contribution >= 0.6 is 0 Å². The normalized spacial score (nSPS) is 10.2. The molecule has 2 aromatic carbocycles. The van der Waals surface area contributed by atoms with Crippen LogP contribution in [0.5, 0.6) is 0 Å². The molecule has 0 unspecified atom stereocenters. The average molecular weight is 396 g/mol. The minimum atomic E-state index is -0.627. The molecule has 2 aromatic rings. The summed E-state index contributed by atoms with van der Waals surface area (Å²) in [5.41, 5.74) is 3.22. The van der Waals surface area contributed by atoms with Crippen molar-refractivity contribution in [1.29, 1.82) is 0 Å². The van der Waals surface area contributed by atoms with Gasteiger partial charge in [0.2, 0.25) is 0 Å². The number of ketones is 1. The Morgan fingerprint density at radius 1 is 0.966 bits per heavy atom. The maximum atomic E-state index is 12.3. The van der Waals surface area contributed by atoms with Crippen LogP contribution in [0.4, 0.5) is 5.69 Å². The second kappa shape index (κ2) is 10.2. The smallest absolute Gasteiger partial charge is 0.306 e. The second-order valence-electron chi connectivity index (χ2n) is 6.61. The highest BCUT2D eigenvalue weighted by Gasteiger charge is 2.14. The molecule has 0 aliphatic heterocycles. The zero-order valence-corrected chi connectivity index (χ0v) is 16.7. The Balaban J connectivity index is 1.80. The largest absolute Gasteiger partial charge is 0.456 e. The van der Waals surface area contributed by atoms with Crippen LogP contribution in [0, 0.1) is 13.8 Å². The van der Waals surface area contributed by atoms with Crippen molar-refractivity contribution in [2.75, 3.05) is 19.0 Å². The second-order valence-corrected chi connectivity index (χ2v) is 6.61. The number of hydrogen-bond donors (Lipinski definition) is 2. The fourth-order valence-corrected chi connectivity index (χ4v) is 2.68. The molecular weight excluding hydrogens is 372 g/mol. The van der Waals surface area contributed by atoms with Crippen molar-refractivity contribution in [2.24, 2.45) is 0 Å². The fraction of sp³-hybridized carbons (Fsp3) is 0.273. The van der Waals surface area contributed by atoms with Gasteiger partial charge in [-0.25, -0.2) is 0 Å². The van der Waals surface area contributed by atoms with E-state index in [4.69, 9.17) is 4.74 Å². The molecule has 2 N–H and O–H groups in total. The number of carbonyl (C=O) groups excluding carboxylic acids is 4. The highest BCUT2D eigenvalue weighted by molar-refractivity contribution is 5.99. The van der Waals surface area contributed by atoms with Gasteiger partial charge < -0.3 is 15.4 Å². The maximum absolute atomic E-state index is 12.3. The third-order valence-corrected chi connectivity index (χ3v) is 4.25. The molecule has 0 saturated heterocycles. The van der Waals surface area contributed by atoms with Gasteiger partial charge in [-0.1, -0.05) is 23.8 Å². The highest BCUT2D eigenvalue weighted by atomic mass is 16.5. The minimum Gasteiger partial charge on any atom is -0.456 e. The number of esters is 1. The molecule has 152 valence electrons. The Labute approximate surface area is 169 Å². The summed E-state index contributed by atoms with van der Waals surface area (Å²) >= 11 is 0. The van der Waals surface area contributed by atoms with Crippen molar-refractivity contribution >= 4 is 29.3 Å². The Morgan fingerprint density at radius 3 is 2.45 bits per heavy atom. The van der Waals surface area contributed by atoms with Crippen molar-refractivity contribution in [3.63, 3.8) is 0 Å². The van der Waals surface area contributed by atoms with Crippen LogP contribution in [-0.2, 0) is 14.3 Å². The predicted molar refractivity (Wildman–Crippen MR) is 109 cm³/mol. The van der Waals surface area contributed by atoms with Gasteiger partial charge in [0.25, 0.3) is 11.8 Å². The van der Waals surface area contributed by atoms with E-state index in [0.717, 1.165) is 11.1 Å². The number of benzene rings is 2. The van der Waals surface area contributed by atoms with Crippen LogP contribution in [0.2, 0.25) is 0 Å². The van der Waals surface area contributed by atoms with E-state index in [1.54, 1.807) is 24.3 Å². The number of rotatable bonds is 8. The molecule has 0 fully saturated rings. The van der Waals surface area contributed by atoms with Crippen LogP contribution < -0.4 is 10.6 Å². The lowest BCUT2D eigenvalue weighted by molar-refractivity contribution is -0.147. The first-order valence-corrected chi connectivity index (χ1v) is 9.18. The van der Waals surface area contributed by atoms with Crippen LogP contribution in [0.15, 0.2) is 42.5 Å². The molecule has 0 bridgehead atoms. The number of carbonyl (C=O) groups is 4. The lowest BCUT2D eigenvalue weighted by Crippen LogP contribution is -2.22. The Bertz CT molecular complexity index is 937. The van der Waals surface area contributed by atoms with E-state index in [0.29, 0.717) is 16.8 Å². The number of hydrogen-bond acceptors (Lipinski definition) is 5. The Hall–Kier alpha value is -3.48. The molecule has 7 heteroatoms. The summed E-state index contributed by atoms with van der Waals surface area (Å²) in [7, 11) is 1.51. The first-order valence-electron chi connectivity index (χ1n) is 9.18. The van der Waals surface area contributed by atoms with Crippen LogP contribution in [0.3, 0.4) is 0 Å². The summed E-state index contributed by atoms with van der Waals surface area (Å²) < 4.78 is 4.93. The summed E-state index contributed by atoms with van der Waals surface area (Å²) in [6, 6.07) is 12.0. The van der Waals surface area contributed by atoms with Gasteiger partial charge in [0.15, 0.2) is 12.4 Å². The summed E-state index contributed by atoms with van der Waals surface area (Å²) in [6.07, 6.45) is -0.0927. The number of Topliss-reactive ketones (excluding diaryl/α,β-unsaturated/α-hetero) is 1. The third-order valence-electron chi connectivity index (χ3n) is 4.25. The molecule has 0 aliphatic rings. The van der Waals surface area contributed by atoms with Gasteiger partial charge in [0, 0.05) is 30.3 Å². The molecule has 2 amide bonds. The van der Waals surface area contributed by atoms with Gasteiger partial charge in [-0.15, -0.1) is 0 Å². The molecule has 7 nitrogen and oxygen atoms in total. The Kier molecular flexibility index (Phi) is 7.65. The molecule has 0 atom stereocenters. The SMILES string of the molecule is CNC(=O)c1cccc(NC(=O)COC(=O)CCC(=O)c2cc(C)ccc2C)c1. The molecule has 0 radical (unpaired) electrons. The maximum Gasteiger partial charge on any atom is 0.306 e. The molecular formula is C22H24N2O5. The van der Waals surface area contributed by atoms with Crippen LogP contribution in [-0.4, -0.2) is 37.2 Å². The van der Waals surface area contributed by atoms with E-state index in [9.17, 15) is 19.2 Å². The van der Waals surface area contributed by atoms with Crippen molar-refractivity contribution in [1.82, 2.24) is 5.32 Å². The van der Waals surface area contributed by atoms with Gasteiger partial charge in [0.1, 0.15) is 0 Å². The van der Waals surface area contributed by atoms with Gasteiger partial charge >= 0.3 is 5.97 Å². The summed E-state index contributed by atoms with van der Waals surface area (Å²) in [6.45, 7) is 3.27. The van der Waals surface area contributed by atoms with E-state index in [1.165, 1.54) is 13.1 Å². The van der Waals surface area contributed by atoms with E-state index < -0.39 is 18.5 Å². The van der Waals surface area contributed by atoms with Crippen molar-refractivity contribution in [2.45, 2.75) is 26.7 Å². The number of nitrogens with one attached hydrogen (secondary N) is 2. The predicted octanol–water partition coefficient (Wildman–Crippen LogP) is 2.81. The van der Waals surface area contributed by atoms with Crippen molar-refractivity contribution in [3.8, 4) is 0 Å². The molecule has 29 heavy (non-hydrogen) atoms. The summed E-state index contributed by atoms with van der Waals surface area (Å²) in [4.78, 5) is 47.7. The van der Waals surface area contributed by atoms with Crippen LogP contribution in [0.1, 0.15) is 44.7 Å². The van der Waals surface area contributed by atoms with Gasteiger partial charge in [-0.2, -0.15) is 0 Å². The number of aryl methyl sites for hydroxylation is 2. The highest BCUT2D eigenvalue weighted by Crippen LogP contribution is 2.14. The van der Waals surface area contributed by atoms with E-state index in [-0.39, 0.29) is 24.5 Å². The lowest BCUT2D eigenvalue weighted by Gasteiger charge is -2.08. The minimum absolute atomic E-state index is 0.0128. The molecule has 0 heterocycles. The fourth-order valence-electron chi connectivity index (χ4n) is 2.68. The standard InChI is InChI=1S/C22H24N2O5/c1-14-7-8-15(2)18(11-14)19(25)9-10-21(27)29-13-20(26)24-17-6-4-5-16(12-17)22(28)23-3/h4-8,11-12H,9-10,13H2,1-3H3,(H,23,28)(H,24,26). The first-order chi connectivity index (χ1) is 13.8. The molecule has 0 aliphatic carbocycles. The molecule has 2 rings (SSSR count). The first kappa shape index (κ1) is 21.8. The summed E-state index contributed by atoms with van der Waals surface area (Å²) in [5, 5.41) is 5.05. The Morgan fingerprint density at radius 2 is 1.72 bits per heavy atom. The quantitative estimate of drug-likeness (QED) is 0.528. The van der Waals surface area contributed by atoms with Gasteiger partial charge in [-0.05, 0) is 43.7 Å². The molecule has 0 spiro atoms. The zero-order valence-electron chi connectivity index (χ0n) is 16.7. The number of ether oxygens (including phenoxy) is 1. The van der Waals surface area contributed by atoms with Crippen LogP contribution in [0.25, 0.3) is 0 Å². The van der Waals surface area contributed by atoms with E-state index >= 15 is 0 Å². The number of anilines is 1. The monoisotopic (exact) mass is 396 g/mol. The number of amides is 2. The zero-order chi connectivity index (χ0) is 21.4.